The second-order valence-electron chi connectivity index (χ2n) is 8.69. The molecule has 2 aliphatic rings. The van der Waals surface area contributed by atoms with Crippen molar-refractivity contribution in [2.45, 2.75) is 71.1 Å². The highest BCUT2D eigenvalue weighted by molar-refractivity contribution is 5.85. The predicted molar refractivity (Wildman–Crippen MR) is 118 cm³/mol. The number of rotatable bonds is 6. The van der Waals surface area contributed by atoms with Crippen molar-refractivity contribution >= 4 is 18.3 Å². The zero-order chi connectivity index (χ0) is 20.4. The summed E-state index contributed by atoms with van der Waals surface area (Å²) in [6.45, 7) is 4.22. The molecule has 2 aliphatic carbocycles. The number of hydrogen-bond donors (Lipinski definition) is 2. The summed E-state index contributed by atoms with van der Waals surface area (Å²) < 4.78 is 11.0. The molecule has 2 unspecified atom stereocenters. The summed E-state index contributed by atoms with van der Waals surface area (Å²) in [6.07, 6.45) is 6.12. The first-order chi connectivity index (χ1) is 14.0. The average Bonchev–Trinajstić information content (AvgIpc) is 3.00. The van der Waals surface area contributed by atoms with Gasteiger partial charge < -0.3 is 20.3 Å². The molecule has 1 aromatic carbocycles. The van der Waals surface area contributed by atoms with E-state index in [9.17, 15) is 4.79 Å². The number of nitrogens with zero attached hydrogens (tertiary/aromatic N) is 1. The molecule has 0 spiro atoms. The molecule has 2 saturated carbocycles. The first kappa shape index (κ1) is 22.6. The van der Waals surface area contributed by atoms with Crippen LogP contribution in [0.15, 0.2) is 28.8 Å². The Kier molecular flexibility index (Phi) is 7.42. The smallest absolute Gasteiger partial charge is 0.224 e. The lowest BCUT2D eigenvalue weighted by Gasteiger charge is -2.45. The number of aromatic nitrogens is 1. The van der Waals surface area contributed by atoms with E-state index in [4.69, 9.17) is 15.0 Å². The normalized spacial score (nSPS) is 25.3. The molecule has 30 heavy (non-hydrogen) atoms. The molecule has 1 aromatic heterocycles. The molecule has 1 heterocycles. The predicted octanol–water partition coefficient (Wildman–Crippen LogP) is 3.86. The highest BCUT2D eigenvalue weighted by Crippen LogP contribution is 2.39. The fraction of sp³-hybridized carbons (Fsp3) is 0.565. The van der Waals surface area contributed by atoms with Crippen LogP contribution in [0.4, 0.5) is 0 Å². The topological polar surface area (TPSA) is 90.4 Å². The van der Waals surface area contributed by atoms with Gasteiger partial charge in [-0.3, -0.25) is 4.79 Å². The van der Waals surface area contributed by atoms with Crippen LogP contribution in [0.25, 0.3) is 0 Å². The number of ether oxygens (including phenoxy) is 1. The van der Waals surface area contributed by atoms with Crippen LogP contribution in [0.3, 0.4) is 0 Å². The van der Waals surface area contributed by atoms with Crippen LogP contribution in [0.1, 0.15) is 54.7 Å². The van der Waals surface area contributed by atoms with Gasteiger partial charge in [0.2, 0.25) is 5.91 Å². The fourth-order valence-electron chi connectivity index (χ4n) is 5.01. The first-order valence-electron chi connectivity index (χ1n) is 10.7. The Labute approximate surface area is 184 Å². The maximum Gasteiger partial charge on any atom is 0.224 e. The summed E-state index contributed by atoms with van der Waals surface area (Å²) in [6, 6.07) is 8.34. The minimum absolute atomic E-state index is 0. The van der Waals surface area contributed by atoms with E-state index in [1.165, 1.54) is 19.3 Å². The third-order valence-electron chi connectivity index (χ3n) is 6.56. The van der Waals surface area contributed by atoms with E-state index in [1.807, 2.05) is 38.1 Å². The molecule has 0 aliphatic heterocycles. The third-order valence-corrected chi connectivity index (χ3v) is 6.56. The second kappa shape index (κ2) is 9.84. The van der Waals surface area contributed by atoms with Crippen molar-refractivity contribution in [1.29, 1.82) is 0 Å². The molecule has 164 valence electrons. The van der Waals surface area contributed by atoms with Gasteiger partial charge in [-0.1, -0.05) is 23.7 Å². The second-order valence-corrected chi connectivity index (χ2v) is 8.69. The van der Waals surface area contributed by atoms with Crippen LogP contribution in [-0.2, 0) is 17.8 Å². The molecule has 0 saturated heterocycles. The lowest BCUT2D eigenvalue weighted by atomic mass is 9.67. The summed E-state index contributed by atoms with van der Waals surface area (Å²) in [5.41, 5.74) is 9.01. The maximum absolute atomic E-state index is 12.6. The average molecular weight is 434 g/mol. The molecule has 3 N–H and O–H groups in total. The number of nitrogens with one attached hydrogen (secondary N) is 1. The number of halogens is 1. The van der Waals surface area contributed by atoms with Gasteiger partial charge in [-0.25, -0.2) is 0 Å². The highest BCUT2D eigenvalue weighted by Gasteiger charge is 2.39. The number of fused-ring (bicyclic) bond motifs is 2. The van der Waals surface area contributed by atoms with Crippen LogP contribution < -0.4 is 15.8 Å². The van der Waals surface area contributed by atoms with Crippen LogP contribution in [0, 0.1) is 25.7 Å². The van der Waals surface area contributed by atoms with Crippen LogP contribution in [0.2, 0.25) is 0 Å². The highest BCUT2D eigenvalue weighted by atomic mass is 35.5. The van der Waals surface area contributed by atoms with E-state index < -0.39 is 0 Å². The van der Waals surface area contributed by atoms with Crippen molar-refractivity contribution in [1.82, 2.24) is 10.5 Å². The van der Waals surface area contributed by atoms with E-state index in [0.29, 0.717) is 36.9 Å². The minimum atomic E-state index is 0. The Bertz CT molecular complexity index is 818. The Hall–Kier alpha value is -2.05. The molecule has 2 bridgehead atoms. The minimum Gasteiger partial charge on any atom is -0.489 e. The number of hydrogen-bond acceptors (Lipinski definition) is 5. The molecule has 4 rings (SSSR count). The van der Waals surface area contributed by atoms with Crippen LogP contribution >= 0.6 is 12.4 Å². The molecular formula is C23H32ClN3O3. The molecule has 2 aromatic rings. The van der Waals surface area contributed by atoms with Crippen molar-refractivity contribution in [2.75, 3.05) is 0 Å². The fourth-order valence-corrected chi connectivity index (χ4v) is 5.01. The number of benzene rings is 1. The summed E-state index contributed by atoms with van der Waals surface area (Å²) in [5.74, 6) is 2.74. The first-order valence-corrected chi connectivity index (χ1v) is 10.7. The molecule has 2 fully saturated rings. The Balaban J connectivity index is 0.00000256. The Morgan fingerprint density at radius 3 is 2.47 bits per heavy atom. The standard InChI is InChI=1S/C23H31N3O3.ClH/c1-14-21(15(2)29-26-14)13-28-20-8-6-16(7-9-20)10-22(27)25-23-17-4-3-5-18(23)12-19(24)11-17;/h6-9,17-19,23H,3-5,10-13,24H2,1-2H3,(H,25,27);1H. The Morgan fingerprint density at radius 2 is 1.87 bits per heavy atom. The number of carbonyl (C=O) groups is 1. The zero-order valence-electron chi connectivity index (χ0n) is 17.7. The molecule has 1 amide bonds. The van der Waals surface area contributed by atoms with Crippen molar-refractivity contribution in [3.8, 4) is 5.75 Å². The summed E-state index contributed by atoms with van der Waals surface area (Å²) in [4.78, 5) is 12.6. The SMILES string of the molecule is Cc1noc(C)c1COc1ccc(CC(=O)NC2C3CCCC2CC(N)C3)cc1.Cl. The number of aryl methyl sites for hydroxylation is 2. The van der Waals surface area contributed by atoms with Gasteiger partial charge in [0, 0.05) is 12.1 Å². The van der Waals surface area contributed by atoms with Gasteiger partial charge in [-0.05, 0) is 69.1 Å². The van der Waals surface area contributed by atoms with E-state index in [0.717, 1.165) is 41.2 Å². The van der Waals surface area contributed by atoms with Crippen molar-refractivity contribution in [3.05, 3.63) is 46.8 Å². The van der Waals surface area contributed by atoms with Gasteiger partial charge in [0.25, 0.3) is 0 Å². The summed E-state index contributed by atoms with van der Waals surface area (Å²) >= 11 is 0. The lowest BCUT2D eigenvalue weighted by molar-refractivity contribution is -0.122. The van der Waals surface area contributed by atoms with E-state index >= 15 is 0 Å². The van der Waals surface area contributed by atoms with E-state index in [1.54, 1.807) is 0 Å². The van der Waals surface area contributed by atoms with E-state index in [-0.39, 0.29) is 18.3 Å². The van der Waals surface area contributed by atoms with Gasteiger partial charge in [0.15, 0.2) is 0 Å². The van der Waals surface area contributed by atoms with Crippen molar-refractivity contribution < 1.29 is 14.1 Å². The molecule has 6 nitrogen and oxygen atoms in total. The summed E-state index contributed by atoms with van der Waals surface area (Å²) in [7, 11) is 0. The van der Waals surface area contributed by atoms with Gasteiger partial charge in [0.1, 0.15) is 18.1 Å². The molecule has 0 radical (unpaired) electrons. The molecule has 7 heteroatoms. The maximum atomic E-state index is 12.6. The Morgan fingerprint density at radius 1 is 1.20 bits per heavy atom. The largest absolute Gasteiger partial charge is 0.489 e. The van der Waals surface area contributed by atoms with Crippen LogP contribution in [-0.4, -0.2) is 23.1 Å². The van der Waals surface area contributed by atoms with Crippen molar-refractivity contribution in [2.24, 2.45) is 17.6 Å². The van der Waals surface area contributed by atoms with Gasteiger partial charge >= 0.3 is 0 Å². The zero-order valence-corrected chi connectivity index (χ0v) is 18.5. The summed E-state index contributed by atoms with van der Waals surface area (Å²) in [5, 5.41) is 7.26. The van der Waals surface area contributed by atoms with E-state index in [2.05, 4.69) is 10.5 Å². The number of amides is 1. The lowest BCUT2D eigenvalue weighted by Crippen LogP contribution is -2.54. The number of carbonyl (C=O) groups excluding carboxylic acids is 1. The van der Waals surface area contributed by atoms with Gasteiger partial charge in [-0.15, -0.1) is 12.4 Å². The quantitative estimate of drug-likeness (QED) is 0.721. The molecular weight excluding hydrogens is 402 g/mol. The molecule has 2 atom stereocenters. The van der Waals surface area contributed by atoms with Gasteiger partial charge in [-0.2, -0.15) is 0 Å². The monoisotopic (exact) mass is 433 g/mol. The van der Waals surface area contributed by atoms with Crippen LogP contribution in [0.5, 0.6) is 5.75 Å². The van der Waals surface area contributed by atoms with Gasteiger partial charge in [0.05, 0.1) is 17.7 Å². The van der Waals surface area contributed by atoms with Crippen molar-refractivity contribution in [3.63, 3.8) is 0 Å². The number of nitrogens with two attached hydrogens (primary N) is 1. The third kappa shape index (κ3) is 5.16.